The quantitative estimate of drug-likeness (QED) is 0.599. The lowest BCUT2D eigenvalue weighted by Crippen LogP contribution is -2.54. The van der Waals surface area contributed by atoms with Gasteiger partial charge in [-0.15, -0.1) is 0 Å². The maximum absolute atomic E-state index is 12.1. The Morgan fingerprint density at radius 3 is 2.48 bits per heavy atom. The standard InChI is InChI=1S/C15H18N4OS/c1-2-19-15(13(16)20,12-7-4-3-5-8-12)11-21-14-17-9-6-10-18-14/h3-10,19H,2,11H2,1H3,(H2,16,20). The monoisotopic (exact) mass is 302 g/mol. The van der Waals surface area contributed by atoms with Gasteiger partial charge in [0.1, 0.15) is 5.54 Å². The molecule has 0 fully saturated rings. The van der Waals surface area contributed by atoms with Crippen LogP contribution in [0.25, 0.3) is 0 Å². The highest BCUT2D eigenvalue weighted by Crippen LogP contribution is 2.28. The lowest BCUT2D eigenvalue weighted by atomic mass is 9.91. The van der Waals surface area contributed by atoms with Gasteiger partial charge in [0.2, 0.25) is 5.91 Å². The summed E-state index contributed by atoms with van der Waals surface area (Å²) in [5, 5.41) is 3.85. The van der Waals surface area contributed by atoms with E-state index in [4.69, 9.17) is 5.73 Å². The van der Waals surface area contributed by atoms with Gasteiger partial charge >= 0.3 is 0 Å². The smallest absolute Gasteiger partial charge is 0.243 e. The minimum atomic E-state index is -0.931. The van der Waals surface area contributed by atoms with Crippen LogP contribution in [0.1, 0.15) is 12.5 Å². The van der Waals surface area contributed by atoms with Crippen molar-refractivity contribution in [2.24, 2.45) is 5.73 Å². The number of nitrogens with one attached hydrogen (secondary N) is 1. The summed E-state index contributed by atoms with van der Waals surface area (Å²) >= 11 is 1.40. The number of thioether (sulfide) groups is 1. The second kappa shape index (κ2) is 7.19. The number of benzene rings is 1. The van der Waals surface area contributed by atoms with Gasteiger partial charge in [0, 0.05) is 18.1 Å². The first-order valence-corrected chi connectivity index (χ1v) is 7.68. The van der Waals surface area contributed by atoms with Crippen LogP contribution >= 0.6 is 11.8 Å². The van der Waals surface area contributed by atoms with Crippen LogP contribution in [0.2, 0.25) is 0 Å². The molecule has 0 bridgehead atoms. The highest BCUT2D eigenvalue weighted by molar-refractivity contribution is 7.99. The molecule has 0 saturated carbocycles. The number of amides is 1. The third-order valence-electron chi connectivity index (χ3n) is 3.13. The molecule has 21 heavy (non-hydrogen) atoms. The average Bonchev–Trinajstić information content (AvgIpc) is 2.53. The van der Waals surface area contributed by atoms with Gasteiger partial charge < -0.3 is 5.73 Å². The van der Waals surface area contributed by atoms with Crippen LogP contribution in [0.5, 0.6) is 0 Å². The Labute approximate surface area is 128 Å². The molecule has 1 amide bonds. The number of rotatable bonds is 7. The van der Waals surface area contributed by atoms with Crippen LogP contribution in [0.3, 0.4) is 0 Å². The van der Waals surface area contributed by atoms with Crippen molar-refractivity contribution < 1.29 is 4.79 Å². The number of carbonyl (C=O) groups excluding carboxylic acids is 1. The number of carbonyl (C=O) groups is 1. The van der Waals surface area contributed by atoms with Crippen molar-refractivity contribution in [1.82, 2.24) is 15.3 Å². The maximum atomic E-state index is 12.1. The molecule has 0 aliphatic rings. The number of hydrogen-bond acceptors (Lipinski definition) is 5. The summed E-state index contributed by atoms with van der Waals surface area (Å²) < 4.78 is 0. The van der Waals surface area contributed by atoms with E-state index in [2.05, 4.69) is 15.3 Å². The normalized spacial score (nSPS) is 13.6. The van der Waals surface area contributed by atoms with E-state index in [9.17, 15) is 4.79 Å². The highest BCUT2D eigenvalue weighted by atomic mass is 32.2. The molecular weight excluding hydrogens is 284 g/mol. The Balaban J connectivity index is 2.29. The van der Waals surface area contributed by atoms with Crippen molar-refractivity contribution in [2.75, 3.05) is 12.3 Å². The third-order valence-corrected chi connectivity index (χ3v) is 4.17. The number of nitrogens with two attached hydrogens (primary N) is 1. The Bertz CT molecular complexity index is 579. The molecule has 1 aromatic heterocycles. The van der Waals surface area contributed by atoms with Gasteiger partial charge in [0.25, 0.3) is 0 Å². The van der Waals surface area contributed by atoms with Crippen LogP contribution in [0, 0.1) is 0 Å². The molecule has 0 aliphatic carbocycles. The summed E-state index contributed by atoms with van der Waals surface area (Å²) in [6.45, 7) is 2.58. The average molecular weight is 302 g/mol. The summed E-state index contributed by atoms with van der Waals surface area (Å²) in [6, 6.07) is 11.3. The SMILES string of the molecule is CCNC(CSc1ncccn1)(C(N)=O)c1ccccc1. The molecule has 0 saturated heterocycles. The molecule has 110 valence electrons. The molecule has 1 atom stereocenters. The van der Waals surface area contributed by atoms with Crippen molar-refractivity contribution >= 4 is 17.7 Å². The van der Waals surface area contributed by atoms with Gasteiger partial charge in [-0.05, 0) is 18.2 Å². The van der Waals surface area contributed by atoms with Crippen LogP contribution in [0.4, 0.5) is 0 Å². The van der Waals surface area contributed by atoms with Crippen molar-refractivity contribution in [3.63, 3.8) is 0 Å². The number of aromatic nitrogens is 2. The van der Waals surface area contributed by atoms with Crippen LogP contribution in [-0.4, -0.2) is 28.2 Å². The van der Waals surface area contributed by atoms with Gasteiger partial charge in [-0.3, -0.25) is 10.1 Å². The number of likely N-dealkylation sites (N-methyl/N-ethyl adjacent to an activating group) is 1. The molecule has 6 heteroatoms. The predicted molar refractivity (Wildman–Crippen MR) is 83.7 cm³/mol. The zero-order valence-corrected chi connectivity index (χ0v) is 12.6. The fourth-order valence-electron chi connectivity index (χ4n) is 2.09. The highest BCUT2D eigenvalue weighted by Gasteiger charge is 2.38. The number of nitrogens with zero attached hydrogens (tertiary/aromatic N) is 2. The minimum absolute atomic E-state index is 0.404. The molecule has 1 aromatic carbocycles. The molecule has 0 spiro atoms. The summed E-state index contributed by atoms with van der Waals surface area (Å²) in [4.78, 5) is 20.5. The van der Waals surface area contributed by atoms with Gasteiger partial charge in [0.05, 0.1) is 0 Å². The largest absolute Gasteiger partial charge is 0.368 e. The molecule has 3 N–H and O–H groups in total. The molecule has 1 heterocycles. The number of hydrogen-bond donors (Lipinski definition) is 2. The Kier molecular flexibility index (Phi) is 5.30. The molecule has 2 rings (SSSR count). The molecular formula is C15H18N4OS. The van der Waals surface area contributed by atoms with Gasteiger partial charge in [0.15, 0.2) is 5.16 Å². The van der Waals surface area contributed by atoms with Crippen molar-refractivity contribution in [3.8, 4) is 0 Å². The summed E-state index contributed by atoms with van der Waals surface area (Å²) in [6.07, 6.45) is 3.36. The van der Waals surface area contributed by atoms with E-state index in [1.807, 2.05) is 37.3 Å². The van der Waals surface area contributed by atoms with Crippen LogP contribution in [-0.2, 0) is 10.3 Å². The van der Waals surface area contributed by atoms with Gasteiger partial charge in [-0.2, -0.15) is 0 Å². The maximum Gasteiger partial charge on any atom is 0.243 e. The molecule has 2 aromatic rings. The van der Waals surface area contributed by atoms with E-state index in [-0.39, 0.29) is 0 Å². The van der Waals surface area contributed by atoms with Crippen LogP contribution in [0.15, 0.2) is 53.9 Å². The first-order valence-electron chi connectivity index (χ1n) is 6.69. The Morgan fingerprint density at radius 2 is 1.90 bits per heavy atom. The lowest BCUT2D eigenvalue weighted by Gasteiger charge is -2.31. The van der Waals surface area contributed by atoms with Crippen LogP contribution < -0.4 is 11.1 Å². The zero-order chi connectivity index (χ0) is 15.1. The van der Waals surface area contributed by atoms with E-state index in [1.165, 1.54) is 11.8 Å². The molecule has 0 aliphatic heterocycles. The third kappa shape index (κ3) is 3.59. The van der Waals surface area contributed by atoms with Gasteiger partial charge in [-0.1, -0.05) is 49.0 Å². The van der Waals surface area contributed by atoms with E-state index in [0.717, 1.165) is 5.56 Å². The second-order valence-electron chi connectivity index (χ2n) is 4.49. The van der Waals surface area contributed by atoms with Crippen molar-refractivity contribution in [1.29, 1.82) is 0 Å². The molecule has 1 unspecified atom stereocenters. The predicted octanol–water partition coefficient (Wildman–Crippen LogP) is 1.56. The molecule has 0 radical (unpaired) electrons. The first kappa shape index (κ1) is 15.5. The fraction of sp³-hybridized carbons (Fsp3) is 0.267. The second-order valence-corrected chi connectivity index (χ2v) is 5.43. The zero-order valence-electron chi connectivity index (χ0n) is 11.8. The topological polar surface area (TPSA) is 80.9 Å². The Morgan fingerprint density at radius 1 is 1.24 bits per heavy atom. The minimum Gasteiger partial charge on any atom is -0.368 e. The Hall–Kier alpha value is -1.92. The first-order chi connectivity index (χ1) is 10.2. The van der Waals surface area contributed by atoms with E-state index in [0.29, 0.717) is 17.5 Å². The van der Waals surface area contributed by atoms with E-state index >= 15 is 0 Å². The van der Waals surface area contributed by atoms with E-state index < -0.39 is 11.4 Å². The summed E-state index contributed by atoms with van der Waals surface area (Å²) in [5.41, 5.74) is 5.62. The fourth-order valence-corrected chi connectivity index (χ4v) is 3.12. The van der Waals surface area contributed by atoms with Crippen molar-refractivity contribution in [3.05, 3.63) is 54.4 Å². The van der Waals surface area contributed by atoms with Crippen molar-refractivity contribution in [2.45, 2.75) is 17.6 Å². The van der Waals surface area contributed by atoms with E-state index in [1.54, 1.807) is 18.5 Å². The lowest BCUT2D eigenvalue weighted by molar-refractivity contribution is -0.123. The summed E-state index contributed by atoms with van der Waals surface area (Å²) in [7, 11) is 0. The number of primary amides is 1. The summed E-state index contributed by atoms with van der Waals surface area (Å²) in [5.74, 6) is 0.0310. The molecule has 5 nitrogen and oxygen atoms in total. The van der Waals surface area contributed by atoms with Gasteiger partial charge in [-0.25, -0.2) is 9.97 Å².